The van der Waals surface area contributed by atoms with Gasteiger partial charge >= 0.3 is 0 Å². The summed E-state index contributed by atoms with van der Waals surface area (Å²) in [5.41, 5.74) is 0.721. The van der Waals surface area contributed by atoms with Gasteiger partial charge in [0.05, 0.1) is 5.69 Å². The number of aromatic amines is 1. The number of halogens is 2. The predicted molar refractivity (Wildman–Crippen MR) is 141 cm³/mol. The van der Waals surface area contributed by atoms with Crippen LogP contribution < -0.4 is 10.2 Å². The van der Waals surface area contributed by atoms with E-state index >= 15 is 0 Å². The number of nitrogens with zero attached hydrogens (tertiary/aromatic N) is 6. The molecule has 0 radical (unpaired) electrons. The fourth-order valence-electron chi connectivity index (χ4n) is 4.60. The summed E-state index contributed by atoms with van der Waals surface area (Å²) in [7, 11) is 0. The molecule has 1 aromatic heterocycles. The van der Waals surface area contributed by atoms with E-state index in [0.717, 1.165) is 95.6 Å². The highest BCUT2D eigenvalue weighted by Gasteiger charge is 2.24. The number of piperidine rings is 1. The van der Waals surface area contributed by atoms with Gasteiger partial charge in [-0.15, -0.1) is 24.0 Å². The molecule has 182 valence electrons. The second-order valence-corrected chi connectivity index (χ2v) is 8.50. The van der Waals surface area contributed by atoms with Gasteiger partial charge in [-0.2, -0.15) is 5.10 Å². The summed E-state index contributed by atoms with van der Waals surface area (Å²) in [5.74, 6) is 2.35. The van der Waals surface area contributed by atoms with Gasteiger partial charge in [-0.25, -0.2) is 9.37 Å². The van der Waals surface area contributed by atoms with Crippen LogP contribution >= 0.6 is 24.0 Å². The standard InChI is InChI=1S/C23H35FN8.HI/c1-2-25-23(32-12-8-19(9-13-32)22-27-18-28-29-22)26-10-5-11-30-14-16-31(17-15-30)21-7-4-3-6-20(21)24;/h3-4,6-7,18-19H,2,5,8-17H2,1H3,(H,25,26)(H,27,28,29);1H. The molecular weight excluding hydrogens is 534 g/mol. The maximum absolute atomic E-state index is 14.0. The third-order valence-electron chi connectivity index (χ3n) is 6.41. The first-order chi connectivity index (χ1) is 15.7. The van der Waals surface area contributed by atoms with Crippen LogP contribution in [0, 0.1) is 5.82 Å². The number of rotatable bonds is 7. The minimum absolute atomic E-state index is 0. The molecule has 4 rings (SSSR count). The topological polar surface area (TPSA) is 75.7 Å². The van der Waals surface area contributed by atoms with E-state index in [9.17, 15) is 4.39 Å². The van der Waals surface area contributed by atoms with Crippen LogP contribution in [-0.4, -0.2) is 89.8 Å². The second kappa shape index (κ2) is 13.1. The van der Waals surface area contributed by atoms with Gasteiger partial charge in [-0.3, -0.25) is 15.0 Å². The van der Waals surface area contributed by atoms with Gasteiger partial charge in [-0.1, -0.05) is 12.1 Å². The zero-order chi connectivity index (χ0) is 22.2. The molecule has 2 aliphatic heterocycles. The average Bonchev–Trinajstić information content (AvgIpc) is 3.37. The van der Waals surface area contributed by atoms with Gasteiger partial charge in [0.15, 0.2) is 5.96 Å². The highest BCUT2D eigenvalue weighted by molar-refractivity contribution is 14.0. The summed E-state index contributed by atoms with van der Waals surface area (Å²) >= 11 is 0. The normalized spacial score (nSPS) is 18.3. The van der Waals surface area contributed by atoms with Crippen molar-refractivity contribution < 1.29 is 4.39 Å². The van der Waals surface area contributed by atoms with Crippen LogP contribution in [0.2, 0.25) is 0 Å². The van der Waals surface area contributed by atoms with Gasteiger partial charge in [-0.05, 0) is 38.3 Å². The van der Waals surface area contributed by atoms with Crippen molar-refractivity contribution in [1.82, 2.24) is 30.3 Å². The highest BCUT2D eigenvalue weighted by atomic mass is 127. The number of piperazine rings is 1. The molecule has 8 nitrogen and oxygen atoms in total. The van der Waals surface area contributed by atoms with Crippen molar-refractivity contribution in [2.45, 2.75) is 32.1 Å². The number of para-hydroxylation sites is 1. The van der Waals surface area contributed by atoms with Crippen LogP contribution in [0.1, 0.15) is 37.9 Å². The first-order valence-electron chi connectivity index (χ1n) is 11.8. The van der Waals surface area contributed by atoms with Crippen LogP contribution in [0.25, 0.3) is 0 Å². The highest BCUT2D eigenvalue weighted by Crippen LogP contribution is 2.25. The fourth-order valence-corrected chi connectivity index (χ4v) is 4.60. The molecule has 3 heterocycles. The second-order valence-electron chi connectivity index (χ2n) is 8.50. The number of aliphatic imine (C=N–C) groups is 1. The summed E-state index contributed by atoms with van der Waals surface area (Å²) in [5, 5.41) is 10.4. The molecule has 2 N–H and O–H groups in total. The molecule has 0 amide bonds. The zero-order valence-corrected chi connectivity index (χ0v) is 21.7. The van der Waals surface area contributed by atoms with Crippen molar-refractivity contribution in [3.8, 4) is 0 Å². The number of hydrogen-bond acceptors (Lipinski definition) is 5. The Morgan fingerprint density at radius 1 is 1.15 bits per heavy atom. The minimum atomic E-state index is -0.129. The van der Waals surface area contributed by atoms with E-state index in [4.69, 9.17) is 4.99 Å². The van der Waals surface area contributed by atoms with Crippen molar-refractivity contribution >= 4 is 35.6 Å². The summed E-state index contributed by atoms with van der Waals surface area (Å²) in [4.78, 5) is 16.2. The zero-order valence-electron chi connectivity index (χ0n) is 19.4. The van der Waals surface area contributed by atoms with Gasteiger partial charge < -0.3 is 15.1 Å². The lowest BCUT2D eigenvalue weighted by Gasteiger charge is -2.36. The smallest absolute Gasteiger partial charge is 0.193 e. The SMILES string of the molecule is CCNC(=NCCCN1CCN(c2ccccc2F)CC1)N1CCC(c2ncn[nH]2)CC1.I. The monoisotopic (exact) mass is 570 g/mol. The van der Waals surface area contributed by atoms with Crippen molar-refractivity contribution in [2.75, 3.05) is 63.8 Å². The van der Waals surface area contributed by atoms with Crippen LogP contribution in [0.4, 0.5) is 10.1 Å². The summed E-state index contributed by atoms with van der Waals surface area (Å²) in [6.07, 6.45) is 4.74. The predicted octanol–water partition coefficient (Wildman–Crippen LogP) is 2.92. The third-order valence-corrected chi connectivity index (χ3v) is 6.41. The van der Waals surface area contributed by atoms with Crippen LogP contribution in [0.15, 0.2) is 35.6 Å². The van der Waals surface area contributed by atoms with Crippen molar-refractivity contribution in [3.63, 3.8) is 0 Å². The molecule has 2 fully saturated rings. The van der Waals surface area contributed by atoms with E-state index in [2.05, 4.69) is 42.1 Å². The molecule has 10 heteroatoms. The molecule has 0 spiro atoms. The molecule has 2 aromatic rings. The largest absolute Gasteiger partial charge is 0.367 e. The molecule has 2 aliphatic rings. The molecule has 0 unspecified atom stereocenters. The fraction of sp³-hybridized carbons (Fsp3) is 0.609. The first kappa shape index (κ1) is 25.7. The Balaban J connectivity index is 0.00000306. The number of likely N-dealkylation sites (tertiary alicyclic amines) is 1. The third kappa shape index (κ3) is 7.02. The molecule has 0 aliphatic carbocycles. The number of aromatic nitrogens is 3. The number of H-pyrrole nitrogens is 1. The molecule has 0 saturated carbocycles. The van der Waals surface area contributed by atoms with E-state index in [1.54, 1.807) is 18.5 Å². The number of anilines is 1. The average molecular weight is 570 g/mol. The lowest BCUT2D eigenvalue weighted by molar-refractivity contribution is 0.255. The van der Waals surface area contributed by atoms with Crippen LogP contribution in [0.5, 0.6) is 0 Å². The lowest BCUT2D eigenvalue weighted by atomic mass is 9.96. The number of benzene rings is 1. The van der Waals surface area contributed by atoms with E-state index in [0.29, 0.717) is 5.92 Å². The van der Waals surface area contributed by atoms with Gasteiger partial charge in [0.2, 0.25) is 0 Å². The quantitative estimate of drug-likeness (QED) is 0.231. The lowest BCUT2D eigenvalue weighted by Crippen LogP contribution is -2.47. The van der Waals surface area contributed by atoms with Gasteiger partial charge in [0.1, 0.15) is 18.0 Å². The van der Waals surface area contributed by atoms with Crippen molar-refractivity contribution in [3.05, 3.63) is 42.2 Å². The Bertz CT molecular complexity index is 846. The first-order valence-corrected chi connectivity index (χ1v) is 11.8. The summed E-state index contributed by atoms with van der Waals surface area (Å²) < 4.78 is 14.0. The number of nitrogens with one attached hydrogen (secondary N) is 2. The van der Waals surface area contributed by atoms with Gasteiger partial charge in [0.25, 0.3) is 0 Å². The molecule has 33 heavy (non-hydrogen) atoms. The molecule has 1 aromatic carbocycles. The Hall–Kier alpha value is -1.95. The summed E-state index contributed by atoms with van der Waals surface area (Å²) in [6.45, 7) is 10.5. The maximum atomic E-state index is 14.0. The molecule has 0 bridgehead atoms. The molecule has 0 atom stereocenters. The van der Waals surface area contributed by atoms with Crippen LogP contribution in [-0.2, 0) is 0 Å². The maximum Gasteiger partial charge on any atom is 0.193 e. The Kier molecular flexibility index (Phi) is 10.2. The van der Waals surface area contributed by atoms with Crippen LogP contribution in [0.3, 0.4) is 0 Å². The van der Waals surface area contributed by atoms with Gasteiger partial charge in [0, 0.05) is 64.8 Å². The minimum Gasteiger partial charge on any atom is -0.367 e. The Labute approximate surface area is 213 Å². The van der Waals surface area contributed by atoms with E-state index < -0.39 is 0 Å². The number of hydrogen-bond donors (Lipinski definition) is 2. The Morgan fingerprint density at radius 2 is 1.91 bits per heavy atom. The Morgan fingerprint density at radius 3 is 2.58 bits per heavy atom. The summed E-state index contributed by atoms with van der Waals surface area (Å²) in [6, 6.07) is 7.06. The van der Waals surface area contributed by atoms with Crippen molar-refractivity contribution in [1.29, 1.82) is 0 Å². The van der Waals surface area contributed by atoms with E-state index in [1.807, 2.05) is 12.1 Å². The van der Waals surface area contributed by atoms with E-state index in [-0.39, 0.29) is 29.8 Å². The molecular formula is C23H36FIN8. The number of guanidine groups is 1. The molecule has 2 saturated heterocycles. The van der Waals surface area contributed by atoms with Crippen molar-refractivity contribution in [2.24, 2.45) is 4.99 Å². The van der Waals surface area contributed by atoms with E-state index in [1.165, 1.54) is 0 Å².